The van der Waals surface area contributed by atoms with Gasteiger partial charge in [-0.05, 0) is 6.92 Å². The molecule has 0 aliphatic carbocycles. The lowest BCUT2D eigenvalue weighted by molar-refractivity contribution is 1.48. The highest BCUT2D eigenvalue weighted by Crippen LogP contribution is 2.03. The molecule has 1 aromatic carbocycles. The molecule has 0 saturated heterocycles. The number of halogens is 3. The molecule has 0 bridgehead atoms. The van der Waals surface area contributed by atoms with E-state index in [0.29, 0.717) is 0 Å². The lowest BCUT2D eigenvalue weighted by atomic mass is 10.2. The number of hydrogen-bond acceptors (Lipinski definition) is 1. The number of aryl methyl sites for hydroxylation is 1. The van der Waals surface area contributed by atoms with Crippen LogP contribution in [-0.4, -0.2) is 4.30 Å². The standard InChI is InChI=1S/C7H8.C2H3N.CHCl3/c1-7-5-3-2-4-6-7;1-2-3;2-1(3)4/h2-6H,1H3;1H3;1H. The van der Waals surface area contributed by atoms with Crippen molar-refractivity contribution in [2.75, 3.05) is 0 Å². The topological polar surface area (TPSA) is 23.8 Å². The first-order valence-electron chi connectivity index (χ1n) is 3.79. The number of rotatable bonds is 0. The van der Waals surface area contributed by atoms with Gasteiger partial charge in [0.05, 0.1) is 6.07 Å². The molecule has 1 nitrogen and oxygen atoms in total. The zero-order chi connectivity index (χ0) is 11.4. The van der Waals surface area contributed by atoms with Gasteiger partial charge in [0.15, 0.2) is 4.30 Å². The van der Waals surface area contributed by atoms with Gasteiger partial charge < -0.3 is 0 Å². The Morgan fingerprint density at radius 2 is 1.43 bits per heavy atom. The Morgan fingerprint density at radius 3 is 1.57 bits per heavy atom. The highest BCUT2D eigenvalue weighted by Gasteiger charge is 1.78. The maximum Gasteiger partial charge on any atom is 0.180 e. The second-order valence-corrected chi connectivity index (χ2v) is 4.11. The normalized spacial score (nSPS) is 7.50. The first kappa shape index (κ1) is 16.0. The summed E-state index contributed by atoms with van der Waals surface area (Å²) in [4.78, 5) is 0. The van der Waals surface area contributed by atoms with Crippen molar-refractivity contribution in [2.24, 2.45) is 0 Å². The molecule has 4 heteroatoms. The van der Waals surface area contributed by atoms with E-state index >= 15 is 0 Å². The van der Waals surface area contributed by atoms with Crippen molar-refractivity contribution >= 4 is 34.8 Å². The van der Waals surface area contributed by atoms with E-state index in [1.165, 1.54) is 12.5 Å². The van der Waals surface area contributed by atoms with Crippen molar-refractivity contribution in [1.82, 2.24) is 0 Å². The Balaban J connectivity index is 0. The summed E-state index contributed by atoms with van der Waals surface area (Å²) in [7, 11) is 0. The van der Waals surface area contributed by atoms with E-state index in [2.05, 4.69) is 19.1 Å². The van der Waals surface area contributed by atoms with E-state index < -0.39 is 4.30 Å². The number of benzene rings is 1. The van der Waals surface area contributed by atoms with Crippen LogP contribution < -0.4 is 0 Å². The van der Waals surface area contributed by atoms with Crippen LogP contribution >= 0.6 is 34.8 Å². The molecular formula is C10H12Cl3N. The molecule has 14 heavy (non-hydrogen) atoms. The molecule has 0 aliphatic rings. The summed E-state index contributed by atoms with van der Waals surface area (Å²) < 4.78 is -0.750. The summed E-state index contributed by atoms with van der Waals surface area (Å²) in [5, 5.41) is 7.32. The van der Waals surface area contributed by atoms with Crippen LogP contribution in [0.1, 0.15) is 12.5 Å². The summed E-state index contributed by atoms with van der Waals surface area (Å²) in [5.41, 5.74) is 1.32. The van der Waals surface area contributed by atoms with Crippen LogP contribution in [0.15, 0.2) is 30.3 Å². The molecule has 0 heterocycles. The Kier molecular flexibility index (Phi) is 14.4. The van der Waals surface area contributed by atoms with E-state index in [-0.39, 0.29) is 0 Å². The van der Waals surface area contributed by atoms with Crippen LogP contribution in [0.3, 0.4) is 0 Å². The first-order valence-corrected chi connectivity index (χ1v) is 5.10. The van der Waals surface area contributed by atoms with Gasteiger partial charge in [-0.25, -0.2) is 0 Å². The molecule has 0 amide bonds. The predicted molar refractivity (Wildman–Crippen MR) is 63.8 cm³/mol. The van der Waals surface area contributed by atoms with Crippen LogP contribution in [0.4, 0.5) is 0 Å². The highest BCUT2D eigenvalue weighted by atomic mass is 35.6. The van der Waals surface area contributed by atoms with E-state index in [1.54, 1.807) is 6.07 Å². The van der Waals surface area contributed by atoms with Crippen molar-refractivity contribution in [2.45, 2.75) is 18.1 Å². The maximum atomic E-state index is 7.32. The first-order chi connectivity index (χ1) is 6.54. The molecule has 0 saturated carbocycles. The van der Waals surface area contributed by atoms with E-state index in [9.17, 15) is 0 Å². The molecule has 0 fully saturated rings. The lowest BCUT2D eigenvalue weighted by Gasteiger charge is -1.82. The molecule has 0 atom stereocenters. The SMILES string of the molecule is CC#N.Cc1ccccc1.ClC(Cl)Cl. The second kappa shape index (κ2) is 12.6. The highest BCUT2D eigenvalue weighted by molar-refractivity contribution is 6.63. The Bertz CT molecular complexity index is 239. The quantitative estimate of drug-likeness (QED) is 0.623. The summed E-state index contributed by atoms with van der Waals surface area (Å²) in [5.74, 6) is 0. The molecule has 0 aliphatic heterocycles. The third-order valence-electron chi connectivity index (χ3n) is 0.940. The fourth-order valence-corrected chi connectivity index (χ4v) is 0.534. The summed E-state index contributed by atoms with van der Waals surface area (Å²) in [6.07, 6.45) is 0. The summed E-state index contributed by atoms with van der Waals surface area (Å²) >= 11 is 14.4. The lowest BCUT2D eigenvalue weighted by Crippen LogP contribution is -1.62. The largest absolute Gasteiger partial charge is 0.199 e. The Morgan fingerprint density at radius 1 is 1.14 bits per heavy atom. The molecule has 0 spiro atoms. The van der Waals surface area contributed by atoms with Gasteiger partial charge in [0.25, 0.3) is 0 Å². The molecular weight excluding hydrogens is 240 g/mol. The zero-order valence-corrected chi connectivity index (χ0v) is 10.3. The van der Waals surface area contributed by atoms with Gasteiger partial charge in [-0.15, -0.1) is 0 Å². The minimum absolute atomic E-state index is 0.750. The van der Waals surface area contributed by atoms with E-state index in [4.69, 9.17) is 40.1 Å². The van der Waals surface area contributed by atoms with E-state index in [1.807, 2.05) is 18.2 Å². The van der Waals surface area contributed by atoms with Crippen LogP contribution in [0, 0.1) is 18.3 Å². The predicted octanol–water partition coefficient (Wildman–Crippen LogP) is 4.51. The Hall–Kier alpha value is -0.420. The minimum Gasteiger partial charge on any atom is -0.199 e. The number of alkyl halides is 3. The van der Waals surface area contributed by atoms with Gasteiger partial charge in [-0.3, -0.25) is 0 Å². The number of nitriles is 1. The van der Waals surface area contributed by atoms with Crippen molar-refractivity contribution in [1.29, 1.82) is 5.26 Å². The Labute approximate surface area is 100 Å². The van der Waals surface area contributed by atoms with Crippen molar-refractivity contribution in [3.05, 3.63) is 35.9 Å². The van der Waals surface area contributed by atoms with Crippen molar-refractivity contribution in [3.8, 4) is 6.07 Å². The fourth-order valence-electron chi connectivity index (χ4n) is 0.534. The second-order valence-electron chi connectivity index (χ2n) is 2.13. The van der Waals surface area contributed by atoms with Gasteiger partial charge >= 0.3 is 0 Å². The average Bonchev–Trinajstić information content (AvgIpc) is 2.05. The monoisotopic (exact) mass is 251 g/mol. The van der Waals surface area contributed by atoms with Crippen molar-refractivity contribution in [3.63, 3.8) is 0 Å². The number of hydrogen-bond donors (Lipinski definition) is 0. The molecule has 1 aromatic rings. The minimum atomic E-state index is -0.750. The summed E-state index contributed by atoms with van der Waals surface area (Å²) in [6.45, 7) is 3.51. The van der Waals surface area contributed by atoms with E-state index in [0.717, 1.165) is 0 Å². The van der Waals surface area contributed by atoms with Gasteiger partial charge in [0.2, 0.25) is 0 Å². The summed E-state index contributed by atoms with van der Waals surface area (Å²) in [6, 6.07) is 12.0. The van der Waals surface area contributed by atoms with Crippen LogP contribution in [0.5, 0.6) is 0 Å². The molecule has 0 radical (unpaired) electrons. The maximum absolute atomic E-state index is 7.32. The van der Waals surface area contributed by atoms with Crippen LogP contribution in [0.25, 0.3) is 0 Å². The molecule has 78 valence electrons. The molecule has 0 N–H and O–H groups in total. The van der Waals surface area contributed by atoms with Gasteiger partial charge in [0.1, 0.15) is 0 Å². The molecule has 1 rings (SSSR count). The van der Waals surface area contributed by atoms with Gasteiger partial charge in [-0.1, -0.05) is 70.7 Å². The van der Waals surface area contributed by atoms with Crippen LogP contribution in [0.2, 0.25) is 0 Å². The fraction of sp³-hybridized carbons (Fsp3) is 0.300. The van der Waals surface area contributed by atoms with Crippen molar-refractivity contribution < 1.29 is 0 Å². The average molecular weight is 253 g/mol. The van der Waals surface area contributed by atoms with Gasteiger partial charge in [0, 0.05) is 6.92 Å². The smallest absolute Gasteiger partial charge is 0.180 e. The van der Waals surface area contributed by atoms with Crippen LogP contribution in [-0.2, 0) is 0 Å². The van der Waals surface area contributed by atoms with Gasteiger partial charge in [-0.2, -0.15) is 5.26 Å². The molecule has 0 unspecified atom stereocenters. The third-order valence-corrected chi connectivity index (χ3v) is 0.940. The third kappa shape index (κ3) is 22.6. The number of nitrogens with zero attached hydrogens (tertiary/aromatic N) is 1. The zero-order valence-electron chi connectivity index (χ0n) is 8.05. The molecule has 0 aromatic heterocycles.